The van der Waals surface area contributed by atoms with E-state index >= 15 is 4.57 Å². The molecule has 0 aliphatic rings. The Labute approximate surface area is 270 Å². The first-order chi connectivity index (χ1) is 20.5. The number of hydrogen-bond donors (Lipinski definition) is 1. The zero-order chi connectivity index (χ0) is 34.1. The maximum atomic E-state index is 15.1. The highest BCUT2D eigenvalue weighted by Gasteiger charge is 2.64. The molecule has 0 aromatic heterocycles. The fraction of sp³-hybridized carbons (Fsp3) is 1.00. The molecule has 0 aliphatic heterocycles. The molecule has 12 nitrogen and oxygen atoms in total. The predicted octanol–water partition coefficient (Wildman–Crippen LogP) is 7.99. The lowest BCUT2D eigenvalue weighted by Crippen LogP contribution is -2.47. The summed E-state index contributed by atoms with van der Waals surface area (Å²) in [6.07, 6.45) is -1.25. The lowest BCUT2D eigenvalue weighted by Gasteiger charge is -2.43. The van der Waals surface area contributed by atoms with Gasteiger partial charge in [-0.15, -0.1) is 0 Å². The molecular formula is C28H64O12P2Si2. The summed E-state index contributed by atoms with van der Waals surface area (Å²) in [4.78, 5) is 9.95. The molecule has 0 fully saturated rings. The van der Waals surface area contributed by atoms with Gasteiger partial charge in [-0.1, -0.05) is 0 Å². The Kier molecular flexibility index (Phi) is 21.7. The summed E-state index contributed by atoms with van der Waals surface area (Å²) < 4.78 is 84.0. The molecule has 0 aromatic carbocycles. The van der Waals surface area contributed by atoms with E-state index in [1.165, 1.54) is 0 Å². The Bertz CT molecular complexity index is 782. The van der Waals surface area contributed by atoms with Crippen molar-refractivity contribution in [2.45, 2.75) is 144 Å². The standard InChI is InChI=1S/C28H64O12P2Si2/c1-13-32-43(33-14-2,34-15-3)23-19-21-28(41(29,30)38-25(7)8,42(31,39-26(9)10)40-27(11)12)22-20-24-44(35-16-4,36-17-5)37-18-6/h25-27H,13-24H2,1-12H3,(H,29,30). The molecule has 266 valence electrons. The lowest BCUT2D eigenvalue weighted by atomic mass is 10.1. The van der Waals surface area contributed by atoms with Crippen LogP contribution in [-0.4, -0.2) is 85.4 Å². The van der Waals surface area contributed by atoms with E-state index in [9.17, 15) is 9.46 Å². The molecule has 16 heteroatoms. The highest BCUT2D eigenvalue weighted by molar-refractivity contribution is 7.73. The average Bonchev–Trinajstić information content (AvgIpc) is 2.87. The van der Waals surface area contributed by atoms with Crippen molar-refractivity contribution in [1.82, 2.24) is 0 Å². The minimum Gasteiger partial charge on any atom is -0.374 e. The third-order valence-corrected chi connectivity index (χ3v) is 19.3. The molecule has 1 unspecified atom stereocenters. The van der Waals surface area contributed by atoms with Crippen molar-refractivity contribution in [3.8, 4) is 0 Å². The van der Waals surface area contributed by atoms with Crippen LogP contribution in [0.25, 0.3) is 0 Å². The first kappa shape index (κ1) is 44.5. The van der Waals surface area contributed by atoms with Gasteiger partial charge in [-0.25, -0.2) is 0 Å². The molecule has 0 spiro atoms. The van der Waals surface area contributed by atoms with Crippen molar-refractivity contribution in [1.29, 1.82) is 0 Å². The Hall–Kier alpha value is 0.494. The highest BCUT2D eigenvalue weighted by atomic mass is 31.2. The van der Waals surface area contributed by atoms with Crippen LogP contribution in [0, 0.1) is 0 Å². The molecule has 0 rings (SSSR count). The summed E-state index contributed by atoms with van der Waals surface area (Å²) in [6.45, 7) is 23.8. The molecule has 0 amide bonds. The topological polar surface area (TPSA) is 137 Å². The van der Waals surface area contributed by atoms with Gasteiger partial charge in [0.15, 0.2) is 4.90 Å². The van der Waals surface area contributed by atoms with Crippen molar-refractivity contribution >= 4 is 32.8 Å². The van der Waals surface area contributed by atoms with Gasteiger partial charge in [-0.3, -0.25) is 9.13 Å². The molecule has 0 saturated carbocycles. The van der Waals surface area contributed by atoms with E-state index in [0.29, 0.717) is 51.7 Å². The van der Waals surface area contributed by atoms with Gasteiger partial charge in [0, 0.05) is 51.7 Å². The monoisotopic (exact) mass is 710 g/mol. The Balaban J connectivity index is 7.15. The fourth-order valence-electron chi connectivity index (χ4n) is 5.17. The van der Waals surface area contributed by atoms with E-state index in [-0.39, 0.29) is 25.7 Å². The summed E-state index contributed by atoms with van der Waals surface area (Å²) in [6, 6.07) is 0.676. The third kappa shape index (κ3) is 13.5. The van der Waals surface area contributed by atoms with Crippen molar-refractivity contribution < 1.29 is 54.2 Å². The molecule has 0 radical (unpaired) electrons. The van der Waals surface area contributed by atoms with E-state index in [1.54, 1.807) is 41.5 Å². The molecule has 0 saturated heterocycles. The van der Waals surface area contributed by atoms with Crippen molar-refractivity contribution in [3.63, 3.8) is 0 Å². The van der Waals surface area contributed by atoms with Crippen LogP contribution in [0.5, 0.6) is 0 Å². The average molecular weight is 711 g/mol. The smallest absolute Gasteiger partial charge is 0.374 e. The fourth-order valence-corrected chi connectivity index (χ4v) is 16.1. The van der Waals surface area contributed by atoms with Crippen LogP contribution in [0.4, 0.5) is 0 Å². The minimum absolute atomic E-state index is 0.0291. The van der Waals surface area contributed by atoms with Crippen LogP contribution < -0.4 is 0 Å². The number of hydrogen-bond acceptors (Lipinski definition) is 11. The van der Waals surface area contributed by atoms with Gasteiger partial charge < -0.3 is 45.0 Å². The van der Waals surface area contributed by atoms with Gasteiger partial charge in [0.05, 0.1) is 18.3 Å². The van der Waals surface area contributed by atoms with E-state index in [2.05, 4.69) is 0 Å². The molecule has 0 aromatic rings. The van der Waals surface area contributed by atoms with Gasteiger partial charge in [-0.05, 0) is 109 Å². The molecule has 1 N–H and O–H groups in total. The maximum absolute atomic E-state index is 15.1. The van der Waals surface area contributed by atoms with Crippen LogP contribution in [0.1, 0.15) is 109 Å². The molecular weight excluding hydrogens is 646 g/mol. The number of rotatable bonds is 28. The highest BCUT2D eigenvalue weighted by Crippen LogP contribution is 2.80. The van der Waals surface area contributed by atoms with Crippen molar-refractivity contribution in [2.75, 3.05) is 39.6 Å². The van der Waals surface area contributed by atoms with Gasteiger partial charge in [0.1, 0.15) is 0 Å². The lowest BCUT2D eigenvalue weighted by molar-refractivity contribution is 0.0694. The van der Waals surface area contributed by atoms with Crippen LogP contribution >= 0.6 is 15.2 Å². The zero-order valence-electron chi connectivity index (χ0n) is 29.5. The van der Waals surface area contributed by atoms with Gasteiger partial charge >= 0.3 is 32.8 Å². The van der Waals surface area contributed by atoms with E-state index in [4.69, 9.17) is 40.1 Å². The Morgan fingerprint density at radius 3 is 1.05 bits per heavy atom. The normalized spacial score (nSPS) is 15.1. The van der Waals surface area contributed by atoms with Gasteiger partial charge in [-0.2, -0.15) is 0 Å². The maximum Gasteiger partial charge on any atom is 0.500 e. The van der Waals surface area contributed by atoms with Crippen LogP contribution in [-0.2, 0) is 49.3 Å². The first-order valence-electron chi connectivity index (χ1n) is 16.3. The largest absolute Gasteiger partial charge is 0.500 e. The minimum atomic E-state index is -4.71. The van der Waals surface area contributed by atoms with E-state index < -0.39 is 56.0 Å². The SMILES string of the molecule is CCO[Si](CCCC(CCC[Si](OCC)(OCC)OCC)(P(=O)(O)OC(C)C)P(=O)(OC(C)C)OC(C)C)(OCC)OCC. The first-order valence-corrected chi connectivity index (χ1v) is 23.3. The van der Waals surface area contributed by atoms with Crippen molar-refractivity contribution in [3.05, 3.63) is 0 Å². The van der Waals surface area contributed by atoms with Gasteiger partial charge in [0.2, 0.25) is 0 Å². The summed E-state index contributed by atoms with van der Waals surface area (Å²) in [5, 5.41) is 0. The molecule has 1 atom stereocenters. The second-order valence-corrected chi connectivity index (χ2v) is 21.3. The summed E-state index contributed by atoms with van der Waals surface area (Å²) >= 11 is 0. The second-order valence-electron chi connectivity index (χ2n) is 11.1. The Morgan fingerprint density at radius 1 is 0.545 bits per heavy atom. The van der Waals surface area contributed by atoms with Gasteiger partial charge in [0.25, 0.3) is 0 Å². The molecule has 0 bridgehead atoms. The Morgan fingerprint density at radius 2 is 0.818 bits per heavy atom. The third-order valence-electron chi connectivity index (χ3n) is 6.39. The molecule has 0 aliphatic carbocycles. The quantitative estimate of drug-likeness (QED) is 0.0622. The van der Waals surface area contributed by atoms with E-state index in [0.717, 1.165) is 0 Å². The molecule has 0 heterocycles. The van der Waals surface area contributed by atoms with Crippen LogP contribution in [0.15, 0.2) is 0 Å². The van der Waals surface area contributed by atoms with Crippen molar-refractivity contribution in [2.24, 2.45) is 0 Å². The van der Waals surface area contributed by atoms with Crippen LogP contribution in [0.3, 0.4) is 0 Å². The second kappa shape index (κ2) is 21.5. The summed E-state index contributed by atoms with van der Waals surface area (Å²) in [5.41, 5.74) is 0. The summed E-state index contributed by atoms with van der Waals surface area (Å²) in [5.74, 6) is 0. The molecule has 44 heavy (non-hydrogen) atoms. The van der Waals surface area contributed by atoms with Crippen LogP contribution in [0.2, 0.25) is 12.1 Å². The predicted molar refractivity (Wildman–Crippen MR) is 178 cm³/mol. The summed E-state index contributed by atoms with van der Waals surface area (Å²) in [7, 11) is -15.3. The van der Waals surface area contributed by atoms with E-state index in [1.807, 2.05) is 41.5 Å². The zero-order valence-corrected chi connectivity index (χ0v) is 33.3.